The Labute approximate surface area is 142 Å². The Bertz CT molecular complexity index is 900. The summed E-state index contributed by atoms with van der Waals surface area (Å²) in [5.74, 6) is 0.672. The smallest absolute Gasteiger partial charge is 0.168 e. The normalized spacial score (nSPS) is 26.4. The summed E-state index contributed by atoms with van der Waals surface area (Å²) in [6, 6.07) is 9.28. The van der Waals surface area contributed by atoms with Gasteiger partial charge in [-0.05, 0) is 0 Å². The number of hydrogen-bond acceptors (Lipinski definition) is 8. The van der Waals surface area contributed by atoms with Gasteiger partial charge in [-0.2, -0.15) is 0 Å². The molecule has 2 aromatic heterocycles. The second kappa shape index (κ2) is 6.05. The molecule has 3 heterocycles. The molecule has 25 heavy (non-hydrogen) atoms. The highest BCUT2D eigenvalue weighted by Gasteiger charge is 2.45. The van der Waals surface area contributed by atoms with Crippen molar-refractivity contribution in [2.75, 3.05) is 12.3 Å². The predicted octanol–water partition coefficient (Wildman–Crippen LogP) is -0.313. The first-order valence-electron chi connectivity index (χ1n) is 7.78. The number of aromatic nitrogens is 4. The van der Waals surface area contributed by atoms with Crippen LogP contribution in [-0.4, -0.2) is 59.8 Å². The number of rotatable bonds is 3. The lowest BCUT2D eigenvalue weighted by Gasteiger charge is -2.19. The van der Waals surface area contributed by atoms with Gasteiger partial charge in [0.05, 0.1) is 6.61 Å². The Balaban J connectivity index is 1.94. The van der Waals surface area contributed by atoms with Crippen LogP contribution in [0.25, 0.3) is 22.6 Å². The van der Waals surface area contributed by atoms with E-state index in [9.17, 15) is 15.3 Å². The van der Waals surface area contributed by atoms with Crippen LogP contribution in [0.3, 0.4) is 0 Å². The molecule has 0 saturated carbocycles. The third-order valence-corrected chi connectivity index (χ3v) is 4.31. The van der Waals surface area contributed by atoms with Crippen LogP contribution in [0, 0.1) is 0 Å². The van der Waals surface area contributed by atoms with Crippen LogP contribution < -0.4 is 5.73 Å². The molecule has 0 spiro atoms. The van der Waals surface area contributed by atoms with Gasteiger partial charge in [0.15, 0.2) is 23.2 Å². The first-order chi connectivity index (χ1) is 12.1. The molecule has 1 aromatic carbocycles. The third-order valence-electron chi connectivity index (χ3n) is 4.31. The number of anilines is 1. The number of nitrogen functional groups attached to an aromatic ring is 1. The van der Waals surface area contributed by atoms with E-state index in [4.69, 9.17) is 10.5 Å². The van der Waals surface area contributed by atoms with Crippen LogP contribution in [0.4, 0.5) is 5.82 Å². The summed E-state index contributed by atoms with van der Waals surface area (Å²) < 4.78 is 7.24. The van der Waals surface area contributed by atoms with Crippen molar-refractivity contribution in [3.8, 4) is 11.4 Å². The Kier molecular flexibility index (Phi) is 3.85. The standard InChI is InChI=1S/C16H17N5O4/c17-13-10-15(19-7-18-13)21(14(20-10)8-4-2-1-3-5-8)16-12(24)11(23)9(6-22)25-16/h1-5,7,9,11-12,16,22-24H,6H2,(H2,17,18,19)/t9-,11-,12-,16-/m1/s1. The number of nitrogens with zero attached hydrogens (tertiary/aromatic N) is 4. The number of imidazole rings is 1. The van der Waals surface area contributed by atoms with Crippen molar-refractivity contribution in [2.24, 2.45) is 0 Å². The molecule has 5 N–H and O–H groups in total. The molecule has 1 aliphatic rings. The maximum Gasteiger partial charge on any atom is 0.168 e. The van der Waals surface area contributed by atoms with Crippen LogP contribution in [-0.2, 0) is 4.74 Å². The zero-order chi connectivity index (χ0) is 17.6. The Morgan fingerprint density at radius 1 is 1.12 bits per heavy atom. The van der Waals surface area contributed by atoms with Gasteiger partial charge in [0.1, 0.15) is 30.5 Å². The van der Waals surface area contributed by atoms with Gasteiger partial charge in [-0.25, -0.2) is 15.0 Å². The monoisotopic (exact) mass is 343 g/mol. The van der Waals surface area contributed by atoms with Gasteiger partial charge in [0.2, 0.25) is 0 Å². The zero-order valence-electron chi connectivity index (χ0n) is 13.1. The van der Waals surface area contributed by atoms with Crippen molar-refractivity contribution in [3.63, 3.8) is 0 Å². The molecular formula is C16H17N5O4. The Hall–Kier alpha value is -2.59. The van der Waals surface area contributed by atoms with E-state index in [1.807, 2.05) is 30.3 Å². The molecule has 0 aliphatic carbocycles. The third kappa shape index (κ3) is 2.45. The lowest BCUT2D eigenvalue weighted by atomic mass is 10.1. The maximum absolute atomic E-state index is 10.4. The van der Waals surface area contributed by atoms with Gasteiger partial charge >= 0.3 is 0 Å². The first kappa shape index (κ1) is 15.9. The average Bonchev–Trinajstić information content (AvgIpc) is 3.15. The van der Waals surface area contributed by atoms with Crippen molar-refractivity contribution in [1.82, 2.24) is 19.5 Å². The minimum atomic E-state index is -1.26. The second-order valence-corrected chi connectivity index (χ2v) is 5.83. The van der Waals surface area contributed by atoms with Crippen LogP contribution in [0.5, 0.6) is 0 Å². The van der Waals surface area contributed by atoms with Crippen LogP contribution >= 0.6 is 0 Å². The maximum atomic E-state index is 10.4. The summed E-state index contributed by atoms with van der Waals surface area (Å²) in [5, 5.41) is 29.9. The topological polar surface area (TPSA) is 140 Å². The van der Waals surface area contributed by atoms with Crippen LogP contribution in [0.1, 0.15) is 6.23 Å². The van der Waals surface area contributed by atoms with E-state index in [0.29, 0.717) is 17.0 Å². The second-order valence-electron chi connectivity index (χ2n) is 5.83. The number of aliphatic hydroxyl groups excluding tert-OH is 3. The molecule has 4 rings (SSSR count). The lowest BCUT2D eigenvalue weighted by Crippen LogP contribution is -2.33. The fraction of sp³-hybridized carbons (Fsp3) is 0.312. The van der Waals surface area contributed by atoms with Gasteiger partial charge in [-0.3, -0.25) is 4.57 Å². The molecule has 9 heteroatoms. The van der Waals surface area contributed by atoms with E-state index >= 15 is 0 Å². The minimum absolute atomic E-state index is 0.202. The molecule has 1 saturated heterocycles. The number of benzene rings is 1. The SMILES string of the molecule is Nc1ncnc2c1nc(-c1ccccc1)n2[C@@H]1O[C@H](CO)[C@@H](O)[C@H]1O. The summed E-state index contributed by atoms with van der Waals surface area (Å²) >= 11 is 0. The van der Waals surface area contributed by atoms with Gasteiger partial charge in [-0.1, -0.05) is 30.3 Å². The molecule has 4 atom stereocenters. The lowest BCUT2D eigenvalue weighted by molar-refractivity contribution is -0.0503. The van der Waals surface area contributed by atoms with E-state index in [0.717, 1.165) is 5.56 Å². The Morgan fingerprint density at radius 2 is 1.88 bits per heavy atom. The fourth-order valence-corrected chi connectivity index (χ4v) is 3.05. The number of nitrogens with two attached hydrogens (primary N) is 1. The van der Waals surface area contributed by atoms with Crippen LogP contribution in [0.15, 0.2) is 36.7 Å². The molecule has 0 bridgehead atoms. The molecule has 130 valence electrons. The largest absolute Gasteiger partial charge is 0.394 e. The quantitative estimate of drug-likeness (QED) is 0.508. The van der Waals surface area contributed by atoms with Crippen LogP contribution in [0.2, 0.25) is 0 Å². The van der Waals surface area contributed by atoms with Crippen molar-refractivity contribution in [3.05, 3.63) is 36.7 Å². The zero-order valence-corrected chi connectivity index (χ0v) is 13.1. The van der Waals surface area contributed by atoms with E-state index in [1.165, 1.54) is 6.33 Å². The summed E-state index contributed by atoms with van der Waals surface area (Å²) in [4.78, 5) is 12.7. The van der Waals surface area contributed by atoms with Gasteiger partial charge < -0.3 is 25.8 Å². The summed E-state index contributed by atoms with van der Waals surface area (Å²) in [6.45, 7) is -0.418. The van der Waals surface area contributed by atoms with E-state index in [2.05, 4.69) is 15.0 Å². The predicted molar refractivity (Wildman–Crippen MR) is 88.2 cm³/mol. The number of hydrogen-bond donors (Lipinski definition) is 4. The van der Waals surface area contributed by atoms with Gasteiger partial charge in [0.25, 0.3) is 0 Å². The highest BCUT2D eigenvalue weighted by atomic mass is 16.6. The van der Waals surface area contributed by atoms with Crippen molar-refractivity contribution < 1.29 is 20.1 Å². The molecular weight excluding hydrogens is 326 g/mol. The van der Waals surface area contributed by atoms with Crippen molar-refractivity contribution in [1.29, 1.82) is 0 Å². The summed E-state index contributed by atoms with van der Waals surface area (Å²) in [5.41, 5.74) is 7.42. The number of fused-ring (bicyclic) bond motifs is 1. The van der Waals surface area contributed by atoms with E-state index in [1.54, 1.807) is 4.57 Å². The van der Waals surface area contributed by atoms with Gasteiger partial charge in [0, 0.05) is 5.56 Å². The molecule has 9 nitrogen and oxygen atoms in total. The summed E-state index contributed by atoms with van der Waals surface area (Å²) in [7, 11) is 0. The summed E-state index contributed by atoms with van der Waals surface area (Å²) in [6.07, 6.45) is -3.06. The fourth-order valence-electron chi connectivity index (χ4n) is 3.05. The molecule has 1 fully saturated rings. The first-order valence-corrected chi connectivity index (χ1v) is 7.78. The number of aliphatic hydroxyl groups is 3. The average molecular weight is 343 g/mol. The van der Waals surface area contributed by atoms with Crippen molar-refractivity contribution >= 4 is 17.0 Å². The molecule has 0 amide bonds. The van der Waals surface area contributed by atoms with E-state index in [-0.39, 0.29) is 5.82 Å². The highest BCUT2D eigenvalue weighted by molar-refractivity contribution is 5.85. The Morgan fingerprint density at radius 3 is 2.56 bits per heavy atom. The number of ether oxygens (including phenoxy) is 1. The molecule has 1 aliphatic heterocycles. The van der Waals surface area contributed by atoms with Gasteiger partial charge in [-0.15, -0.1) is 0 Å². The molecule has 3 aromatic rings. The van der Waals surface area contributed by atoms with E-state index < -0.39 is 31.1 Å². The molecule has 0 radical (unpaired) electrons. The van der Waals surface area contributed by atoms with Crippen molar-refractivity contribution in [2.45, 2.75) is 24.5 Å². The molecule has 0 unspecified atom stereocenters. The highest BCUT2D eigenvalue weighted by Crippen LogP contribution is 2.36. The minimum Gasteiger partial charge on any atom is -0.394 e.